The Kier molecular flexibility index (Phi) is 7.00. The molecule has 3 nitrogen and oxygen atoms in total. The minimum atomic E-state index is -0.458. The van der Waals surface area contributed by atoms with E-state index in [2.05, 4.69) is 40.3 Å². The van der Waals surface area contributed by atoms with Crippen LogP contribution in [0.1, 0.15) is 44.6 Å². The fourth-order valence-corrected chi connectivity index (χ4v) is 3.20. The number of hydrogen-bond acceptors (Lipinski definition) is 3. The summed E-state index contributed by atoms with van der Waals surface area (Å²) in [5, 5.41) is 13.4. The van der Waals surface area contributed by atoms with Crippen molar-refractivity contribution in [3.8, 4) is 0 Å². The lowest BCUT2D eigenvalue weighted by molar-refractivity contribution is -0.0195. The number of halogens is 1. The van der Waals surface area contributed by atoms with Gasteiger partial charge in [-0.1, -0.05) is 42.1 Å². The summed E-state index contributed by atoms with van der Waals surface area (Å²) in [5.41, 5.74) is 2.35. The van der Waals surface area contributed by atoms with Gasteiger partial charge in [-0.3, -0.25) is 0 Å². The fourth-order valence-electron chi connectivity index (χ4n) is 2.79. The Morgan fingerprint density at radius 3 is 2.81 bits per heavy atom. The third kappa shape index (κ3) is 5.61. The van der Waals surface area contributed by atoms with E-state index in [1.165, 1.54) is 24.8 Å². The maximum atomic E-state index is 10.1. The van der Waals surface area contributed by atoms with Crippen LogP contribution in [0.3, 0.4) is 0 Å². The Morgan fingerprint density at radius 1 is 1.33 bits per heavy atom. The van der Waals surface area contributed by atoms with Gasteiger partial charge in [0, 0.05) is 16.7 Å². The van der Waals surface area contributed by atoms with E-state index in [-0.39, 0.29) is 0 Å². The predicted octanol–water partition coefficient (Wildman–Crippen LogP) is 4.13. The van der Waals surface area contributed by atoms with E-state index in [9.17, 15) is 5.11 Å². The summed E-state index contributed by atoms with van der Waals surface area (Å²) in [5.74, 6) is 0. The van der Waals surface area contributed by atoms with E-state index in [1.54, 1.807) is 0 Å². The summed E-state index contributed by atoms with van der Waals surface area (Å²) in [6.07, 6.45) is 7.01. The van der Waals surface area contributed by atoms with E-state index < -0.39 is 6.10 Å². The van der Waals surface area contributed by atoms with Gasteiger partial charge < -0.3 is 15.2 Å². The molecule has 0 saturated heterocycles. The van der Waals surface area contributed by atoms with Gasteiger partial charge in [0.15, 0.2) is 0 Å². The minimum absolute atomic E-state index is 0.354. The molecule has 1 unspecified atom stereocenters. The molecule has 0 spiro atoms. The second-order valence-corrected chi connectivity index (χ2v) is 6.70. The Labute approximate surface area is 136 Å². The van der Waals surface area contributed by atoms with Crippen LogP contribution in [0, 0.1) is 0 Å². The van der Waals surface area contributed by atoms with Crippen LogP contribution in [0.5, 0.6) is 0 Å². The maximum absolute atomic E-state index is 10.1. The van der Waals surface area contributed by atoms with Crippen molar-refractivity contribution >= 4 is 21.6 Å². The lowest BCUT2D eigenvalue weighted by Gasteiger charge is -2.23. The first-order valence-corrected chi connectivity index (χ1v) is 8.80. The standard InChI is InChI=1S/C17H26BrNO2/c1-2-13-10-14(18)8-9-17(13)19-11-15(20)12-21-16-6-4-3-5-7-16/h8-10,15-16,19-20H,2-7,11-12H2,1H3. The van der Waals surface area contributed by atoms with Gasteiger partial charge >= 0.3 is 0 Å². The average molecular weight is 356 g/mol. The second-order valence-electron chi connectivity index (χ2n) is 5.78. The van der Waals surface area contributed by atoms with E-state index in [1.807, 2.05) is 6.07 Å². The first-order chi connectivity index (χ1) is 10.2. The number of nitrogens with one attached hydrogen (secondary N) is 1. The normalized spacial score (nSPS) is 17.7. The number of aliphatic hydroxyl groups excluding tert-OH is 1. The summed E-state index contributed by atoms with van der Waals surface area (Å²) in [4.78, 5) is 0. The largest absolute Gasteiger partial charge is 0.389 e. The van der Waals surface area contributed by atoms with Gasteiger partial charge in [-0.15, -0.1) is 0 Å². The predicted molar refractivity (Wildman–Crippen MR) is 90.8 cm³/mol. The van der Waals surface area contributed by atoms with Crippen LogP contribution in [-0.2, 0) is 11.2 Å². The highest BCUT2D eigenvalue weighted by atomic mass is 79.9. The number of hydrogen-bond donors (Lipinski definition) is 2. The van der Waals surface area contributed by atoms with Crippen molar-refractivity contribution in [2.24, 2.45) is 0 Å². The zero-order valence-electron chi connectivity index (χ0n) is 12.8. The molecule has 21 heavy (non-hydrogen) atoms. The van der Waals surface area contributed by atoms with Crippen LogP contribution >= 0.6 is 15.9 Å². The molecule has 1 saturated carbocycles. The van der Waals surface area contributed by atoms with Gasteiger partial charge in [0.1, 0.15) is 0 Å². The Hall–Kier alpha value is -0.580. The number of rotatable bonds is 7. The van der Waals surface area contributed by atoms with Gasteiger partial charge in [-0.05, 0) is 43.0 Å². The SMILES string of the molecule is CCc1cc(Br)ccc1NCC(O)COC1CCCCC1. The summed E-state index contributed by atoms with van der Waals surface area (Å²) < 4.78 is 6.90. The van der Waals surface area contributed by atoms with Crippen molar-refractivity contribution in [2.75, 3.05) is 18.5 Å². The molecule has 1 fully saturated rings. The first kappa shape index (κ1) is 16.8. The smallest absolute Gasteiger partial charge is 0.0945 e. The summed E-state index contributed by atoms with van der Waals surface area (Å²) in [7, 11) is 0. The summed E-state index contributed by atoms with van der Waals surface area (Å²) >= 11 is 3.49. The molecular weight excluding hydrogens is 330 g/mol. The molecule has 1 aliphatic rings. The monoisotopic (exact) mass is 355 g/mol. The zero-order valence-corrected chi connectivity index (χ0v) is 14.4. The molecule has 2 N–H and O–H groups in total. The molecule has 1 aliphatic carbocycles. The molecule has 0 heterocycles. The van der Waals surface area contributed by atoms with Crippen LogP contribution in [0.15, 0.2) is 22.7 Å². The number of aliphatic hydroxyl groups is 1. The van der Waals surface area contributed by atoms with Gasteiger partial charge in [-0.25, -0.2) is 0 Å². The highest BCUT2D eigenvalue weighted by Gasteiger charge is 2.15. The fraction of sp³-hybridized carbons (Fsp3) is 0.647. The molecule has 118 valence electrons. The lowest BCUT2D eigenvalue weighted by atomic mass is 9.98. The number of anilines is 1. The van der Waals surface area contributed by atoms with Gasteiger partial charge in [-0.2, -0.15) is 0 Å². The molecule has 1 atom stereocenters. The summed E-state index contributed by atoms with van der Waals surface area (Å²) in [6, 6.07) is 6.19. The molecule has 1 aromatic rings. The van der Waals surface area contributed by atoms with Crippen LogP contribution in [0.2, 0.25) is 0 Å². The third-order valence-electron chi connectivity index (χ3n) is 4.05. The van der Waals surface area contributed by atoms with Crippen LogP contribution in [0.4, 0.5) is 5.69 Å². The summed E-state index contributed by atoms with van der Waals surface area (Å²) in [6.45, 7) is 3.09. The molecule has 0 aliphatic heterocycles. The molecule has 2 rings (SSSR count). The number of ether oxygens (including phenoxy) is 1. The molecule has 1 aromatic carbocycles. The quantitative estimate of drug-likeness (QED) is 0.772. The van der Waals surface area contributed by atoms with Crippen LogP contribution in [-0.4, -0.2) is 30.5 Å². The van der Waals surface area contributed by atoms with Crippen molar-refractivity contribution < 1.29 is 9.84 Å². The average Bonchev–Trinajstić information content (AvgIpc) is 2.52. The number of aryl methyl sites for hydroxylation is 1. The van der Waals surface area contributed by atoms with Crippen molar-refractivity contribution in [3.05, 3.63) is 28.2 Å². The van der Waals surface area contributed by atoms with E-state index in [0.717, 1.165) is 29.4 Å². The van der Waals surface area contributed by atoms with E-state index in [4.69, 9.17) is 4.74 Å². The minimum Gasteiger partial charge on any atom is -0.389 e. The lowest BCUT2D eigenvalue weighted by Crippen LogP contribution is -2.28. The second kappa shape index (κ2) is 8.76. The van der Waals surface area contributed by atoms with Crippen molar-refractivity contribution in [1.82, 2.24) is 0 Å². The van der Waals surface area contributed by atoms with E-state index in [0.29, 0.717) is 19.3 Å². The zero-order chi connectivity index (χ0) is 15.1. The van der Waals surface area contributed by atoms with Crippen LogP contribution in [0.25, 0.3) is 0 Å². The molecule has 0 radical (unpaired) electrons. The van der Waals surface area contributed by atoms with E-state index >= 15 is 0 Å². The molecule has 0 amide bonds. The van der Waals surface area contributed by atoms with Crippen molar-refractivity contribution in [1.29, 1.82) is 0 Å². The Bertz CT molecular complexity index is 433. The number of benzene rings is 1. The maximum Gasteiger partial charge on any atom is 0.0945 e. The highest BCUT2D eigenvalue weighted by Crippen LogP contribution is 2.22. The molecule has 0 aromatic heterocycles. The third-order valence-corrected chi connectivity index (χ3v) is 4.55. The Morgan fingerprint density at radius 2 is 2.10 bits per heavy atom. The molecule has 0 bridgehead atoms. The first-order valence-electron chi connectivity index (χ1n) is 8.01. The highest BCUT2D eigenvalue weighted by molar-refractivity contribution is 9.10. The van der Waals surface area contributed by atoms with Crippen molar-refractivity contribution in [2.45, 2.75) is 57.7 Å². The van der Waals surface area contributed by atoms with Crippen molar-refractivity contribution in [3.63, 3.8) is 0 Å². The van der Waals surface area contributed by atoms with Crippen LogP contribution < -0.4 is 5.32 Å². The Balaban J connectivity index is 1.74. The molecular formula is C17H26BrNO2. The van der Waals surface area contributed by atoms with Gasteiger partial charge in [0.05, 0.1) is 18.8 Å². The van der Waals surface area contributed by atoms with Gasteiger partial charge in [0.25, 0.3) is 0 Å². The molecule has 4 heteroatoms. The topological polar surface area (TPSA) is 41.5 Å². The van der Waals surface area contributed by atoms with Gasteiger partial charge in [0.2, 0.25) is 0 Å².